The third kappa shape index (κ3) is 30.5. The van der Waals surface area contributed by atoms with Gasteiger partial charge in [-0.25, -0.2) is 9.15 Å². The van der Waals surface area contributed by atoms with Crippen LogP contribution >= 0.6 is 0 Å². The van der Waals surface area contributed by atoms with Crippen LogP contribution in [0, 0.1) is 0 Å². The Morgan fingerprint density at radius 1 is 0.317 bits per heavy atom. The highest BCUT2D eigenvalue weighted by molar-refractivity contribution is 6.05. The minimum absolute atomic E-state index is 0.0841. The number of aliphatic carboxylic acids is 1. The summed E-state index contributed by atoms with van der Waals surface area (Å²) in [5.74, 6) is -3.93. The molecule has 0 atom stereocenters. The Hall–Kier alpha value is -16.2. The van der Waals surface area contributed by atoms with Gasteiger partial charge in [0.2, 0.25) is 10.7 Å². The van der Waals surface area contributed by atoms with Crippen molar-refractivity contribution in [2.45, 2.75) is 74.3 Å². The van der Waals surface area contributed by atoms with Gasteiger partial charge in [0.15, 0.2) is 6.10 Å². The highest BCUT2D eigenvalue weighted by Crippen LogP contribution is 2.47. The molecule has 0 radical (unpaired) electrons. The summed E-state index contributed by atoms with van der Waals surface area (Å²) in [6.07, 6.45) is -1.18. The third-order valence-corrected chi connectivity index (χ3v) is 22.7. The first kappa shape index (κ1) is 109. The number of esters is 9. The van der Waals surface area contributed by atoms with E-state index in [1.165, 1.54) is 20.8 Å². The van der Waals surface area contributed by atoms with Crippen LogP contribution in [0.4, 0.5) is 34.1 Å². The van der Waals surface area contributed by atoms with Gasteiger partial charge < -0.3 is 105 Å². The van der Waals surface area contributed by atoms with E-state index in [1.54, 1.807) is 103 Å². The topological polar surface area (TPSA) is 363 Å². The molecule has 34 heteroatoms. The lowest BCUT2D eigenvalue weighted by atomic mass is 9.93. The molecule has 0 bridgehead atoms. The van der Waals surface area contributed by atoms with Crippen molar-refractivity contribution in [1.29, 1.82) is 0 Å². The summed E-state index contributed by atoms with van der Waals surface area (Å²) < 4.78 is 91.6. The van der Waals surface area contributed by atoms with E-state index >= 15 is 0 Å². The van der Waals surface area contributed by atoms with Crippen molar-refractivity contribution < 1.29 is 123 Å². The SMILES string of the molecule is CCOC(=O)CN(CC(=O)OCC)c1ccc(-c2c3ccc(=[N+](C)C)cc-3oc3cc(N(C)C)ccc23)cc1OCCOc1ccc(CC(=O)O)cc1N(CC(=O)OCC)CC(=O)OCC.CCOC(=O)CN(CC(=O)OCC)c1ccc(-c2c3ccc(=[N+](C)C)cc-3oc3cc(N(C)C)ccc23)cc1OCCOc1ccc(CC(=O)OC(c2ccccc2)c2ccccc2)cc1N(CC(=O)OCC)CC(=O)OCC. The van der Waals surface area contributed by atoms with Crippen molar-refractivity contribution in [3.05, 3.63) is 239 Å². The fourth-order valence-electron chi connectivity index (χ4n) is 16.2. The minimum Gasteiger partial charge on any atom is -0.488 e. The molecule has 766 valence electrons. The highest BCUT2D eigenvalue weighted by atomic mass is 16.6. The second-order valence-corrected chi connectivity index (χ2v) is 33.9. The number of carbonyl (C=O) groups is 10. The number of carboxylic acid groups (broad SMARTS) is 1. The quantitative estimate of drug-likeness (QED) is 0.0122. The summed E-state index contributed by atoms with van der Waals surface area (Å²) in [5.41, 5.74) is 11.9. The molecular weight excluding hydrogens is 1860 g/mol. The lowest BCUT2D eigenvalue weighted by molar-refractivity contribution is -0.147. The van der Waals surface area contributed by atoms with Gasteiger partial charge in [-0.3, -0.25) is 47.9 Å². The molecule has 4 aliphatic rings. The number of nitrogens with zero attached hydrogens (tertiary/aromatic N) is 8. The zero-order valence-corrected chi connectivity index (χ0v) is 85.0. The number of carboxylic acids is 1. The first-order valence-corrected chi connectivity index (χ1v) is 48.0. The number of fused-ring (bicyclic) bond motifs is 4. The molecule has 0 amide bonds. The van der Waals surface area contributed by atoms with Crippen molar-refractivity contribution in [1.82, 2.24) is 9.15 Å². The monoisotopic (exact) mass is 1990 g/mol. The fourth-order valence-corrected chi connectivity index (χ4v) is 16.2. The summed E-state index contributed by atoms with van der Waals surface area (Å²) in [4.78, 5) is 140. The summed E-state index contributed by atoms with van der Waals surface area (Å²) in [6.45, 7) is 11.5. The molecule has 8 aromatic rings. The van der Waals surface area contributed by atoms with Gasteiger partial charge in [0.25, 0.3) is 0 Å². The van der Waals surface area contributed by atoms with Gasteiger partial charge >= 0.3 is 59.7 Å². The first-order chi connectivity index (χ1) is 69.8. The van der Waals surface area contributed by atoms with Gasteiger partial charge in [-0.2, -0.15) is 0 Å². The lowest BCUT2D eigenvalue weighted by Gasteiger charge is -2.27. The van der Waals surface area contributed by atoms with Crippen molar-refractivity contribution in [3.8, 4) is 67.9 Å². The smallest absolute Gasteiger partial charge is 0.325 e. The second kappa shape index (κ2) is 53.6. The maximum Gasteiger partial charge on any atom is 0.325 e. The van der Waals surface area contributed by atoms with Gasteiger partial charge in [0, 0.05) is 96.9 Å². The van der Waals surface area contributed by atoms with Gasteiger partial charge in [-0.1, -0.05) is 84.9 Å². The van der Waals surface area contributed by atoms with Gasteiger partial charge in [0.05, 0.1) is 101 Å². The fraction of sp³-hybridized carbons (Fsp3) is 0.351. The summed E-state index contributed by atoms with van der Waals surface area (Å²) in [6, 6.07) is 63.7. The molecule has 0 spiro atoms. The van der Waals surface area contributed by atoms with E-state index in [2.05, 4.69) is 0 Å². The first-order valence-electron chi connectivity index (χ1n) is 48.0. The van der Waals surface area contributed by atoms with Gasteiger partial charge in [-0.05, 0) is 174 Å². The average Bonchev–Trinajstić information content (AvgIpc) is 0.749. The molecule has 0 fully saturated rings. The standard InChI is InChI=1S/C62H69N4O13.C49H58N4O13/c1-9-72-57(68)38-65(39-58(69)73-10-2)50-29-24-45(61-48-27-25-46(63(5)6)36-53(48)78-54-37-47(64(7)8)26-28-49(54)61)35-55(50)77-32-31-76-52-30-23-42(33-51(52)66(40-59(70)74-11-3)41-60(71)75-12-4)34-56(67)79-62(43-19-15-13-16-20-43)44-21-17-14-18-22-44;1-9-60-45(56)28-52(29-46(57)61-10-2)38-19-14-33(49-36-17-15-34(50(5)6)26-41(36)66-42-27-35(51(7)8)16-18-37(42)49)25-43(38)65-22-21-64-40-20-13-32(24-44(54)55)23-39(40)53(30-47(58)62-11-3)31-48(59)63-12-4/h13-30,33,35-37,62H,9-12,31-32,34,38-41H2,1-8H3;13-20,23,25-27H,9-12,21-22,24,28-31H2,1-8H3/q+1;/p+1. The number of hydrogen-bond acceptors (Lipinski definition) is 31. The molecular formula is C111H128N8O26+2. The second-order valence-electron chi connectivity index (χ2n) is 33.9. The van der Waals surface area contributed by atoms with Crippen LogP contribution in [-0.2, 0) is 103 Å². The van der Waals surface area contributed by atoms with E-state index in [4.69, 9.17) is 70.4 Å². The Bertz CT molecular complexity index is 6490. The maximum absolute atomic E-state index is 13.9. The summed E-state index contributed by atoms with van der Waals surface area (Å²) in [5, 5.41) is 13.1. The van der Waals surface area contributed by atoms with E-state index in [0.717, 1.165) is 77.4 Å². The molecule has 1 N–H and O–H groups in total. The molecule has 2 aliphatic heterocycles. The molecule has 34 nitrogen and oxygen atoms in total. The molecule has 0 saturated carbocycles. The number of carbonyl (C=O) groups excluding carboxylic acids is 9. The van der Waals surface area contributed by atoms with Crippen LogP contribution in [0.15, 0.2) is 215 Å². The highest BCUT2D eigenvalue weighted by Gasteiger charge is 2.31. The van der Waals surface area contributed by atoms with E-state index < -0.39 is 65.8 Å². The summed E-state index contributed by atoms with van der Waals surface area (Å²) >= 11 is 0. The molecule has 12 rings (SSSR count). The zero-order valence-electron chi connectivity index (χ0n) is 85.0. The van der Waals surface area contributed by atoms with Crippen LogP contribution in [0.25, 0.3) is 66.8 Å². The Balaban J connectivity index is 0.000000281. The normalized spacial score (nSPS) is 10.9. The minimum atomic E-state index is -1.08. The number of benzene rings is 10. The predicted octanol–water partition coefficient (Wildman–Crippen LogP) is 13.8. The van der Waals surface area contributed by atoms with E-state index in [-0.39, 0.29) is 162 Å². The van der Waals surface area contributed by atoms with Crippen molar-refractivity contribution in [2.24, 2.45) is 0 Å². The Morgan fingerprint density at radius 3 is 0.931 bits per heavy atom. The van der Waals surface area contributed by atoms with Crippen LogP contribution in [0.3, 0.4) is 0 Å². The number of hydrogen-bond donors (Lipinski definition) is 1. The number of anilines is 6. The number of rotatable bonds is 49. The summed E-state index contributed by atoms with van der Waals surface area (Å²) in [7, 11) is 15.7. The van der Waals surface area contributed by atoms with E-state index in [9.17, 15) is 53.1 Å². The van der Waals surface area contributed by atoms with Crippen LogP contribution in [0.1, 0.15) is 83.7 Å². The van der Waals surface area contributed by atoms with Crippen molar-refractivity contribution in [2.75, 3.05) is 217 Å². The van der Waals surface area contributed by atoms with Crippen LogP contribution in [0.2, 0.25) is 0 Å². The largest absolute Gasteiger partial charge is 0.488 e. The maximum atomic E-state index is 13.9. The van der Waals surface area contributed by atoms with Gasteiger partial charge in [0.1, 0.15) is 153 Å². The van der Waals surface area contributed by atoms with E-state index in [1.807, 2.05) is 233 Å². The zero-order chi connectivity index (χ0) is 104. The molecule has 0 unspecified atom stereocenters. The Morgan fingerprint density at radius 2 is 0.628 bits per heavy atom. The van der Waals surface area contributed by atoms with Crippen LogP contribution in [-0.4, -0.2) is 253 Å². The average molecular weight is 1990 g/mol. The molecule has 2 aliphatic carbocycles. The predicted molar refractivity (Wildman–Crippen MR) is 552 cm³/mol. The van der Waals surface area contributed by atoms with Gasteiger partial charge in [-0.15, -0.1) is 0 Å². The Labute approximate surface area is 842 Å². The molecule has 2 heterocycles. The lowest BCUT2D eigenvalue weighted by Crippen LogP contribution is -2.36. The molecule has 145 heavy (non-hydrogen) atoms. The van der Waals surface area contributed by atoms with E-state index in [0.29, 0.717) is 62.4 Å². The molecule has 8 aromatic carbocycles. The van der Waals surface area contributed by atoms with Crippen molar-refractivity contribution >= 4 is 116 Å². The molecule has 0 aromatic heterocycles. The van der Waals surface area contributed by atoms with Crippen LogP contribution in [0.5, 0.6) is 23.0 Å². The van der Waals surface area contributed by atoms with Crippen LogP contribution < -0.4 is 68.2 Å². The number of ether oxygens (including phenoxy) is 13. The molecule has 0 saturated heterocycles. The third-order valence-electron chi connectivity index (χ3n) is 22.7. The van der Waals surface area contributed by atoms with Crippen molar-refractivity contribution in [3.63, 3.8) is 0 Å². The Kier molecular flexibility index (Phi) is 40.4.